The van der Waals surface area contributed by atoms with Crippen LogP contribution >= 0.6 is 12.4 Å². The fourth-order valence-electron chi connectivity index (χ4n) is 1.32. The Kier molecular flexibility index (Phi) is 6.11. The number of likely N-dealkylation sites (N-methyl/N-ethyl adjacent to an activating group) is 1. The van der Waals surface area contributed by atoms with Crippen LogP contribution in [0.2, 0.25) is 0 Å². The second kappa shape index (κ2) is 6.34. The Morgan fingerprint density at radius 1 is 1.47 bits per heavy atom. The van der Waals surface area contributed by atoms with E-state index in [-0.39, 0.29) is 17.3 Å². The summed E-state index contributed by atoms with van der Waals surface area (Å²) in [5.74, 6) is 0. The van der Waals surface area contributed by atoms with Crippen molar-refractivity contribution in [2.75, 3.05) is 27.2 Å². The summed E-state index contributed by atoms with van der Waals surface area (Å²) in [6.45, 7) is 2.74. The number of hydrogen-bond donors (Lipinski definition) is 1. The zero-order valence-electron chi connectivity index (χ0n) is 10.5. The van der Waals surface area contributed by atoms with Gasteiger partial charge in [0.05, 0.1) is 5.69 Å². The van der Waals surface area contributed by atoms with E-state index in [4.69, 9.17) is 0 Å². The van der Waals surface area contributed by atoms with Gasteiger partial charge in [0.1, 0.15) is 4.90 Å². The van der Waals surface area contributed by atoms with Crippen LogP contribution in [0, 0.1) is 6.92 Å². The molecule has 0 aliphatic heterocycles. The van der Waals surface area contributed by atoms with Crippen molar-refractivity contribution in [3.63, 3.8) is 0 Å². The average Bonchev–Trinajstić information content (AvgIpc) is 2.44. The number of aromatic nitrogens is 2. The number of rotatable bonds is 5. The summed E-state index contributed by atoms with van der Waals surface area (Å²) in [6, 6.07) is 0. The van der Waals surface area contributed by atoms with Crippen molar-refractivity contribution in [3.05, 3.63) is 11.9 Å². The van der Waals surface area contributed by atoms with E-state index >= 15 is 0 Å². The van der Waals surface area contributed by atoms with Gasteiger partial charge in [0.15, 0.2) is 0 Å². The number of nitrogens with one attached hydrogen (secondary N) is 1. The second-order valence-electron chi connectivity index (χ2n) is 3.95. The highest BCUT2D eigenvalue weighted by atomic mass is 35.5. The molecule has 100 valence electrons. The molecule has 0 fully saturated rings. The quantitative estimate of drug-likeness (QED) is 0.825. The molecule has 1 rings (SSSR count). The zero-order chi connectivity index (χ0) is 12.3. The third-order valence-corrected chi connectivity index (χ3v) is 3.67. The number of nitrogens with zero attached hydrogens (tertiary/aromatic N) is 3. The number of hydrogen-bond acceptors (Lipinski definition) is 4. The van der Waals surface area contributed by atoms with E-state index in [2.05, 4.69) is 9.82 Å². The Morgan fingerprint density at radius 3 is 2.47 bits per heavy atom. The Balaban J connectivity index is 0.00000256. The normalized spacial score (nSPS) is 11.6. The van der Waals surface area contributed by atoms with Gasteiger partial charge in [-0.1, -0.05) is 0 Å². The first-order chi connectivity index (χ1) is 7.33. The summed E-state index contributed by atoms with van der Waals surface area (Å²) in [4.78, 5) is 2.16. The molecule has 0 aromatic carbocycles. The van der Waals surface area contributed by atoms with Crippen molar-refractivity contribution in [2.24, 2.45) is 7.05 Å². The standard InChI is InChI=1S/C9H18N4O2S.ClH/c1-8-9(7-13(4)11-8)16(14,15)10-5-6-12(2)3;/h7,10H,5-6H2,1-4H3;1H. The van der Waals surface area contributed by atoms with Gasteiger partial charge in [-0.05, 0) is 21.0 Å². The first-order valence-electron chi connectivity index (χ1n) is 4.97. The van der Waals surface area contributed by atoms with Gasteiger partial charge in [0, 0.05) is 26.3 Å². The van der Waals surface area contributed by atoms with E-state index in [0.717, 1.165) is 0 Å². The minimum absolute atomic E-state index is 0. The first-order valence-corrected chi connectivity index (χ1v) is 6.46. The van der Waals surface area contributed by atoms with Crippen molar-refractivity contribution < 1.29 is 8.42 Å². The van der Waals surface area contributed by atoms with Crippen LogP contribution in [0.1, 0.15) is 5.69 Å². The highest BCUT2D eigenvalue weighted by molar-refractivity contribution is 7.89. The lowest BCUT2D eigenvalue weighted by molar-refractivity contribution is 0.412. The predicted octanol–water partition coefficient (Wildman–Crippen LogP) is -0.00978. The molecule has 0 bridgehead atoms. The molecule has 1 N–H and O–H groups in total. The van der Waals surface area contributed by atoms with Gasteiger partial charge in [-0.15, -0.1) is 12.4 Å². The highest BCUT2D eigenvalue weighted by Crippen LogP contribution is 2.11. The molecule has 0 radical (unpaired) electrons. The number of sulfonamides is 1. The maximum absolute atomic E-state index is 11.9. The van der Waals surface area contributed by atoms with Crippen molar-refractivity contribution in [1.82, 2.24) is 19.4 Å². The van der Waals surface area contributed by atoms with E-state index in [1.54, 1.807) is 14.0 Å². The highest BCUT2D eigenvalue weighted by Gasteiger charge is 2.18. The third-order valence-electron chi connectivity index (χ3n) is 2.11. The molecule has 1 heterocycles. The van der Waals surface area contributed by atoms with Crippen molar-refractivity contribution in [2.45, 2.75) is 11.8 Å². The molecule has 17 heavy (non-hydrogen) atoms. The molecular weight excluding hydrogens is 264 g/mol. The maximum Gasteiger partial charge on any atom is 0.244 e. The van der Waals surface area contributed by atoms with Gasteiger partial charge >= 0.3 is 0 Å². The average molecular weight is 283 g/mol. The molecule has 6 nitrogen and oxygen atoms in total. The number of halogens is 1. The van der Waals surface area contributed by atoms with Crippen LogP contribution in [0.5, 0.6) is 0 Å². The van der Waals surface area contributed by atoms with Gasteiger partial charge in [-0.2, -0.15) is 5.10 Å². The lowest BCUT2D eigenvalue weighted by Gasteiger charge is -2.10. The van der Waals surface area contributed by atoms with Crippen LogP contribution in [0.25, 0.3) is 0 Å². The molecule has 0 unspecified atom stereocenters. The first kappa shape index (κ1) is 16.4. The molecule has 1 aromatic rings. The summed E-state index contributed by atoms with van der Waals surface area (Å²) < 4.78 is 27.8. The molecular formula is C9H19ClN4O2S. The van der Waals surface area contributed by atoms with Gasteiger partial charge in [-0.3, -0.25) is 4.68 Å². The van der Waals surface area contributed by atoms with Crippen LogP contribution in [0.4, 0.5) is 0 Å². The molecule has 1 aromatic heterocycles. The minimum Gasteiger partial charge on any atom is -0.308 e. The Bertz CT molecular complexity index is 456. The molecule has 0 amide bonds. The number of aryl methyl sites for hydroxylation is 2. The van der Waals surface area contributed by atoms with E-state index < -0.39 is 10.0 Å². The predicted molar refractivity (Wildman–Crippen MR) is 68.9 cm³/mol. The molecule has 0 atom stereocenters. The van der Waals surface area contributed by atoms with Gasteiger partial charge < -0.3 is 4.90 Å². The van der Waals surface area contributed by atoms with E-state index in [1.807, 2.05) is 19.0 Å². The molecule has 0 aliphatic rings. The van der Waals surface area contributed by atoms with Gasteiger partial charge in [0.25, 0.3) is 0 Å². The van der Waals surface area contributed by atoms with Gasteiger partial charge in [0.2, 0.25) is 10.0 Å². The zero-order valence-corrected chi connectivity index (χ0v) is 12.1. The van der Waals surface area contributed by atoms with Gasteiger partial charge in [-0.25, -0.2) is 13.1 Å². The second-order valence-corrected chi connectivity index (χ2v) is 5.69. The fourth-order valence-corrected chi connectivity index (χ4v) is 2.56. The summed E-state index contributed by atoms with van der Waals surface area (Å²) >= 11 is 0. The van der Waals surface area contributed by atoms with E-state index in [0.29, 0.717) is 18.8 Å². The molecule has 0 saturated heterocycles. The van der Waals surface area contributed by atoms with Crippen LogP contribution in [0.15, 0.2) is 11.1 Å². The maximum atomic E-state index is 11.9. The fraction of sp³-hybridized carbons (Fsp3) is 0.667. The Hall–Kier alpha value is -0.630. The van der Waals surface area contributed by atoms with Crippen molar-refractivity contribution in [3.8, 4) is 0 Å². The lowest BCUT2D eigenvalue weighted by atomic mass is 10.5. The van der Waals surface area contributed by atoms with Crippen molar-refractivity contribution >= 4 is 22.4 Å². The van der Waals surface area contributed by atoms with E-state index in [9.17, 15) is 8.42 Å². The SMILES string of the molecule is Cc1nn(C)cc1S(=O)(=O)NCCN(C)C.Cl. The third kappa shape index (κ3) is 4.63. The van der Waals surface area contributed by atoms with E-state index in [1.165, 1.54) is 10.9 Å². The summed E-state index contributed by atoms with van der Waals surface area (Å²) in [6.07, 6.45) is 1.51. The van der Waals surface area contributed by atoms with Crippen LogP contribution < -0.4 is 4.72 Å². The monoisotopic (exact) mass is 282 g/mol. The summed E-state index contributed by atoms with van der Waals surface area (Å²) in [5, 5.41) is 4.01. The molecule has 0 aliphatic carbocycles. The van der Waals surface area contributed by atoms with Crippen LogP contribution in [-0.4, -0.2) is 50.3 Å². The lowest BCUT2D eigenvalue weighted by Crippen LogP contribution is -2.31. The largest absolute Gasteiger partial charge is 0.308 e. The summed E-state index contributed by atoms with van der Waals surface area (Å²) in [5.41, 5.74) is 0.514. The van der Waals surface area contributed by atoms with Crippen LogP contribution in [-0.2, 0) is 17.1 Å². The topological polar surface area (TPSA) is 67.2 Å². The Labute approximate surface area is 108 Å². The smallest absolute Gasteiger partial charge is 0.244 e. The molecule has 8 heteroatoms. The summed E-state index contributed by atoms with van der Waals surface area (Å²) in [7, 11) is 2.06. The molecule has 0 spiro atoms. The van der Waals surface area contributed by atoms with Crippen molar-refractivity contribution in [1.29, 1.82) is 0 Å². The van der Waals surface area contributed by atoms with Crippen LogP contribution in [0.3, 0.4) is 0 Å². The molecule has 0 saturated carbocycles. The minimum atomic E-state index is -3.43. The Morgan fingerprint density at radius 2 is 2.06 bits per heavy atom.